The fourth-order valence-corrected chi connectivity index (χ4v) is 2.66. The van der Waals surface area contributed by atoms with Crippen molar-refractivity contribution < 1.29 is 9.53 Å². The first-order valence-corrected chi connectivity index (χ1v) is 8.33. The van der Waals surface area contributed by atoms with E-state index in [1.54, 1.807) is 0 Å². The van der Waals surface area contributed by atoms with Crippen LogP contribution >= 0.6 is 0 Å². The molecule has 0 aliphatic carbocycles. The molecule has 2 nitrogen and oxygen atoms in total. The van der Waals surface area contributed by atoms with Gasteiger partial charge < -0.3 is 9.53 Å². The molecule has 0 aliphatic heterocycles. The van der Waals surface area contributed by atoms with E-state index in [9.17, 15) is 5.11 Å². The molecule has 3 heteroatoms. The van der Waals surface area contributed by atoms with Gasteiger partial charge in [-0.05, 0) is 38.4 Å². The maximum atomic E-state index is 9.26. The Morgan fingerprint density at radius 2 is 1.64 bits per heavy atom. The van der Waals surface area contributed by atoms with Crippen molar-refractivity contribution in [3.8, 4) is 0 Å². The van der Waals surface area contributed by atoms with Crippen LogP contribution < -0.4 is 0 Å². The van der Waals surface area contributed by atoms with Crippen LogP contribution in [0.5, 0.6) is 0 Å². The highest BCUT2D eigenvalue weighted by Gasteiger charge is 2.38. The van der Waals surface area contributed by atoms with Crippen LogP contribution in [0, 0.1) is 0 Å². The summed E-state index contributed by atoms with van der Waals surface area (Å²) >= 11 is 0. The zero-order chi connectivity index (χ0) is 11.6. The highest BCUT2D eigenvalue weighted by Crippen LogP contribution is 2.37. The molecule has 0 bridgehead atoms. The molecule has 0 aromatic rings. The number of rotatable bonds is 4. The van der Waals surface area contributed by atoms with Crippen molar-refractivity contribution in [2.45, 2.75) is 71.4 Å². The maximum Gasteiger partial charge on any atom is 0.192 e. The van der Waals surface area contributed by atoms with Gasteiger partial charge in [0, 0.05) is 6.10 Å². The monoisotopic (exact) mass is 218 g/mol. The van der Waals surface area contributed by atoms with Crippen LogP contribution in [0.2, 0.25) is 18.1 Å². The van der Waals surface area contributed by atoms with E-state index < -0.39 is 8.32 Å². The van der Waals surface area contributed by atoms with E-state index >= 15 is 0 Å². The van der Waals surface area contributed by atoms with Gasteiger partial charge in [0.15, 0.2) is 8.32 Å². The number of hydrogen-bond donors (Lipinski definition) is 1. The zero-order valence-corrected chi connectivity index (χ0v) is 11.7. The number of aliphatic hydroxyl groups is 1. The van der Waals surface area contributed by atoms with Gasteiger partial charge in [0.1, 0.15) is 0 Å². The molecule has 0 rings (SSSR count). The normalized spacial score (nSPS) is 18.0. The zero-order valence-electron chi connectivity index (χ0n) is 10.7. The van der Waals surface area contributed by atoms with Crippen molar-refractivity contribution in [2.75, 3.05) is 0 Å². The van der Waals surface area contributed by atoms with Crippen molar-refractivity contribution in [1.82, 2.24) is 0 Å². The Kier molecular flexibility index (Phi) is 4.82. The summed E-state index contributed by atoms with van der Waals surface area (Å²) in [4.78, 5) is 0. The lowest BCUT2D eigenvalue weighted by molar-refractivity contribution is 0.107. The highest BCUT2D eigenvalue weighted by molar-refractivity contribution is 6.74. The summed E-state index contributed by atoms with van der Waals surface area (Å²) in [6.07, 6.45) is 0.623. The fraction of sp³-hybridized carbons (Fsp3) is 1.00. The van der Waals surface area contributed by atoms with Crippen molar-refractivity contribution in [1.29, 1.82) is 0 Å². The molecule has 0 spiro atoms. The van der Waals surface area contributed by atoms with Crippen LogP contribution in [0.1, 0.15) is 41.0 Å². The third-order valence-corrected chi connectivity index (χ3v) is 7.58. The van der Waals surface area contributed by atoms with E-state index in [1.807, 2.05) is 13.8 Å². The minimum absolute atomic E-state index is 0.163. The van der Waals surface area contributed by atoms with Gasteiger partial charge in [0.2, 0.25) is 0 Å². The van der Waals surface area contributed by atoms with Crippen LogP contribution in [-0.4, -0.2) is 25.6 Å². The third kappa shape index (κ3) is 4.58. The Morgan fingerprint density at radius 3 is 1.93 bits per heavy atom. The quantitative estimate of drug-likeness (QED) is 0.734. The summed E-state index contributed by atoms with van der Waals surface area (Å²) in [6.45, 7) is 15.0. The van der Waals surface area contributed by atoms with Gasteiger partial charge in [-0.2, -0.15) is 0 Å². The van der Waals surface area contributed by atoms with E-state index in [1.165, 1.54) is 0 Å². The minimum Gasteiger partial charge on any atom is -0.414 e. The molecule has 0 saturated heterocycles. The Labute approximate surface area is 89.8 Å². The van der Waals surface area contributed by atoms with Gasteiger partial charge in [-0.3, -0.25) is 0 Å². The largest absolute Gasteiger partial charge is 0.414 e. The first kappa shape index (κ1) is 14.1. The molecule has 0 amide bonds. The standard InChI is InChI=1S/C11H26O2Si/c1-9(12)8-10(2)13-14(6,7)11(3,4)5/h9-10,12H,8H2,1-7H3/t9-,10?/m0/s1. The first-order chi connectivity index (χ1) is 6.06. The molecule has 0 radical (unpaired) electrons. The molecular weight excluding hydrogens is 192 g/mol. The molecule has 0 aromatic heterocycles. The van der Waals surface area contributed by atoms with Gasteiger partial charge in [-0.25, -0.2) is 0 Å². The van der Waals surface area contributed by atoms with Gasteiger partial charge in [-0.15, -0.1) is 0 Å². The summed E-state index contributed by atoms with van der Waals surface area (Å²) in [5.41, 5.74) is 0. The molecule has 2 atom stereocenters. The van der Waals surface area contributed by atoms with Gasteiger partial charge in [0.05, 0.1) is 6.10 Å². The van der Waals surface area contributed by atoms with Crippen molar-refractivity contribution >= 4 is 8.32 Å². The molecule has 0 heterocycles. The topological polar surface area (TPSA) is 29.5 Å². The average Bonchev–Trinajstić information content (AvgIpc) is 1.79. The van der Waals surface area contributed by atoms with Crippen LogP contribution in [-0.2, 0) is 4.43 Å². The van der Waals surface area contributed by atoms with E-state index in [0.717, 1.165) is 6.42 Å². The predicted molar refractivity (Wildman–Crippen MR) is 64.0 cm³/mol. The molecule has 0 fully saturated rings. The van der Waals surface area contributed by atoms with Crippen molar-refractivity contribution in [2.24, 2.45) is 0 Å². The molecule has 0 aromatic carbocycles. The average molecular weight is 218 g/mol. The van der Waals surface area contributed by atoms with Gasteiger partial charge >= 0.3 is 0 Å². The molecule has 0 aliphatic rings. The molecule has 14 heavy (non-hydrogen) atoms. The van der Waals surface area contributed by atoms with Gasteiger partial charge in [-0.1, -0.05) is 20.8 Å². The summed E-state index contributed by atoms with van der Waals surface area (Å²) in [6, 6.07) is 0. The summed E-state index contributed by atoms with van der Waals surface area (Å²) in [5.74, 6) is 0. The van der Waals surface area contributed by atoms with E-state index in [0.29, 0.717) is 0 Å². The Hall–Kier alpha value is 0.137. The third-order valence-electron chi connectivity index (χ3n) is 2.98. The lowest BCUT2D eigenvalue weighted by Crippen LogP contribution is -2.43. The second kappa shape index (κ2) is 4.77. The fourth-order valence-electron chi connectivity index (χ4n) is 1.21. The summed E-state index contributed by atoms with van der Waals surface area (Å²) in [7, 11) is -1.65. The van der Waals surface area contributed by atoms with Crippen LogP contribution in [0.4, 0.5) is 0 Å². The van der Waals surface area contributed by atoms with Crippen molar-refractivity contribution in [3.05, 3.63) is 0 Å². The molecule has 0 saturated carbocycles. The lowest BCUT2D eigenvalue weighted by atomic mass is 10.2. The predicted octanol–water partition coefficient (Wildman–Crippen LogP) is 3.17. The second-order valence-electron chi connectivity index (χ2n) is 5.77. The van der Waals surface area contributed by atoms with E-state index in [-0.39, 0.29) is 17.2 Å². The van der Waals surface area contributed by atoms with Crippen LogP contribution in [0.15, 0.2) is 0 Å². The van der Waals surface area contributed by atoms with Crippen LogP contribution in [0.3, 0.4) is 0 Å². The minimum atomic E-state index is -1.65. The van der Waals surface area contributed by atoms with E-state index in [4.69, 9.17) is 4.43 Å². The maximum absolute atomic E-state index is 9.26. The van der Waals surface area contributed by atoms with Gasteiger partial charge in [0.25, 0.3) is 0 Å². The Morgan fingerprint density at radius 1 is 1.21 bits per heavy atom. The second-order valence-corrected chi connectivity index (χ2v) is 10.5. The molecule has 1 N–H and O–H groups in total. The Bertz CT molecular complexity index is 171. The van der Waals surface area contributed by atoms with Crippen molar-refractivity contribution in [3.63, 3.8) is 0 Å². The number of aliphatic hydroxyl groups excluding tert-OH is 1. The summed E-state index contributed by atoms with van der Waals surface area (Å²) in [5, 5.41) is 9.51. The lowest BCUT2D eigenvalue weighted by Gasteiger charge is -2.38. The molecule has 1 unspecified atom stereocenters. The highest BCUT2D eigenvalue weighted by atomic mass is 28.4. The summed E-state index contributed by atoms with van der Waals surface area (Å²) < 4.78 is 6.09. The smallest absolute Gasteiger partial charge is 0.192 e. The molecule has 86 valence electrons. The number of hydrogen-bond acceptors (Lipinski definition) is 2. The van der Waals surface area contributed by atoms with Crippen LogP contribution in [0.25, 0.3) is 0 Å². The first-order valence-electron chi connectivity index (χ1n) is 5.42. The molecular formula is C11H26O2Si. The Balaban J connectivity index is 4.22. The van der Waals surface area contributed by atoms with E-state index in [2.05, 4.69) is 33.9 Å². The SMILES string of the molecule is CC(C[C@H](C)O)O[Si](C)(C)C(C)(C)C.